The predicted molar refractivity (Wildman–Crippen MR) is 355 cm³/mol. The molecular weight excluding hydrogens is 1540 g/mol. The summed E-state index contributed by atoms with van der Waals surface area (Å²) in [5, 5.41) is 49.0. The first kappa shape index (κ1) is 74.4. The van der Waals surface area contributed by atoms with E-state index in [1.807, 2.05) is 0 Å². The lowest BCUT2D eigenvalue weighted by molar-refractivity contribution is 0.283. The molecule has 534 valence electrons. The quantitative estimate of drug-likeness (QED) is 0.0190. The highest BCUT2D eigenvalue weighted by Gasteiger charge is 2.30. The van der Waals surface area contributed by atoms with E-state index >= 15 is 0 Å². The van der Waals surface area contributed by atoms with Crippen molar-refractivity contribution < 1.29 is 114 Å². The molecule has 0 radical (unpaired) electrons. The Hall–Kier alpha value is -10.3. The van der Waals surface area contributed by atoms with Crippen LogP contribution >= 0.6 is 11.6 Å². The third kappa shape index (κ3) is 17.7. The van der Waals surface area contributed by atoms with Crippen molar-refractivity contribution in [3.63, 3.8) is 0 Å². The molecule has 0 aliphatic heterocycles. The molecule has 14 N–H and O–H groups in total. The van der Waals surface area contributed by atoms with E-state index in [1.54, 1.807) is 0 Å². The Morgan fingerprint density at radius 1 is 0.373 bits per heavy atom. The standard InChI is InChI=1S/C52H40ClN15O26S8/c53-47-59-48(61-51(60-47)57-35-23-31(96(73,74)75)18-25-20-39(100(85,86)87)43(45(69)41(25)35)67-65-33-8-1-3-10-37(33)98(79,80)81)54-27-12-14-28(15-13-27)55-49-62-50(56-29-6-5-7-30(22-29)95(71,72)17-16-94-102(91,92)93)64-52(63-49)58-36-24-32(97(76,77)78)19-26-21-40(101(88,89)90)44(46(70)42(26)36)68-66-34-9-2-4-11-38(34)99(82,83)84/h1-15,18-24,69-70H,16-17H2,(H,73,74,75)(H,76,77,78)(H,79,80,81)(H,82,83,84)(H,85,86,87)(H,88,89,90)(H,91,92,93)(H2,54,57,59,60,61)(H3,55,56,58,62,63,64). The predicted octanol–water partition coefficient (Wildman–Crippen LogP) is 8.05. The largest absolute Gasteiger partial charge is 0.505 e. The maximum Gasteiger partial charge on any atom is 0.397 e. The molecule has 0 saturated carbocycles. The van der Waals surface area contributed by atoms with E-state index in [0.29, 0.717) is 36.4 Å². The van der Waals surface area contributed by atoms with Gasteiger partial charge >= 0.3 is 10.4 Å². The van der Waals surface area contributed by atoms with Crippen LogP contribution < -0.4 is 26.6 Å². The average Bonchev–Trinajstić information content (AvgIpc) is 0.751. The number of rotatable bonds is 25. The van der Waals surface area contributed by atoms with Gasteiger partial charge in [-0.2, -0.15) is 88.8 Å². The molecule has 0 aliphatic carbocycles. The van der Waals surface area contributed by atoms with Crippen LogP contribution in [0.2, 0.25) is 5.28 Å². The molecule has 10 rings (SSSR count). The zero-order valence-electron chi connectivity index (χ0n) is 49.7. The molecule has 0 saturated heterocycles. The van der Waals surface area contributed by atoms with Crippen LogP contribution in [0.1, 0.15) is 0 Å². The van der Waals surface area contributed by atoms with Gasteiger partial charge in [-0.05, 0) is 126 Å². The highest BCUT2D eigenvalue weighted by molar-refractivity contribution is 7.91. The summed E-state index contributed by atoms with van der Waals surface area (Å²) in [6.45, 7) is -1.01. The second-order valence-corrected chi connectivity index (χ2v) is 32.3. The highest BCUT2D eigenvalue weighted by Crippen LogP contribution is 2.48. The molecule has 8 aromatic carbocycles. The first-order valence-corrected chi connectivity index (χ1v) is 39.0. The summed E-state index contributed by atoms with van der Waals surface area (Å²) in [7, 11) is -40.8. The van der Waals surface area contributed by atoms with E-state index in [-0.39, 0.29) is 23.0 Å². The van der Waals surface area contributed by atoms with E-state index in [2.05, 4.69) is 81.1 Å². The van der Waals surface area contributed by atoms with Crippen molar-refractivity contribution >= 4 is 195 Å². The van der Waals surface area contributed by atoms with Gasteiger partial charge in [-0.25, -0.2) is 12.6 Å². The Kier molecular flexibility index (Phi) is 20.3. The van der Waals surface area contributed by atoms with E-state index in [0.717, 1.165) is 36.4 Å². The number of hydrogen-bond donors (Lipinski definition) is 14. The smallest absolute Gasteiger partial charge is 0.397 e. The normalized spacial score (nSPS) is 12.9. The number of phenols is 2. The number of phenolic OH excluding ortho intramolecular Hbond substituents is 2. The molecule has 0 aliphatic rings. The molecule has 41 nitrogen and oxygen atoms in total. The molecule has 0 atom stereocenters. The number of nitrogens with zero attached hydrogens (tertiary/aromatic N) is 10. The second-order valence-electron chi connectivity index (χ2n) is 20.3. The average molecular weight is 1580 g/mol. The third-order valence-electron chi connectivity index (χ3n) is 13.4. The highest BCUT2D eigenvalue weighted by atomic mass is 35.5. The minimum atomic E-state index is -5.50. The number of aromatic nitrogens is 6. The summed E-state index contributed by atoms with van der Waals surface area (Å²) in [6.07, 6.45) is 0. The van der Waals surface area contributed by atoms with Gasteiger partial charge in [0.1, 0.15) is 42.3 Å². The van der Waals surface area contributed by atoms with Crippen molar-refractivity contribution in [2.45, 2.75) is 34.3 Å². The third-order valence-corrected chi connectivity index (χ3v) is 20.9. The van der Waals surface area contributed by atoms with Crippen molar-refractivity contribution in [3.05, 3.63) is 139 Å². The van der Waals surface area contributed by atoms with E-state index < -0.39 is 224 Å². The van der Waals surface area contributed by atoms with E-state index in [9.17, 15) is 105 Å². The van der Waals surface area contributed by atoms with Crippen LogP contribution in [-0.4, -0.2) is 152 Å². The number of hydrogen-bond acceptors (Lipinski definition) is 34. The summed E-state index contributed by atoms with van der Waals surface area (Å²) in [4.78, 5) is 18.5. The summed E-state index contributed by atoms with van der Waals surface area (Å²) >= 11 is 6.30. The molecular formula is C52H40ClN15O26S8. The molecule has 10 aromatic rings. The lowest BCUT2D eigenvalue weighted by Gasteiger charge is -2.16. The number of halogens is 1. The summed E-state index contributed by atoms with van der Waals surface area (Å²) in [5.74, 6) is -5.91. The van der Waals surface area contributed by atoms with Crippen LogP contribution in [0.15, 0.2) is 188 Å². The number of sulfone groups is 1. The van der Waals surface area contributed by atoms with Crippen LogP contribution in [0, 0.1) is 0 Å². The zero-order valence-corrected chi connectivity index (χ0v) is 57.0. The molecule has 0 fully saturated rings. The molecule has 0 bridgehead atoms. The number of benzene rings is 8. The number of fused-ring (bicyclic) bond motifs is 2. The fourth-order valence-electron chi connectivity index (χ4n) is 9.13. The van der Waals surface area contributed by atoms with Crippen molar-refractivity contribution in [1.29, 1.82) is 0 Å². The molecule has 0 unspecified atom stereocenters. The van der Waals surface area contributed by atoms with E-state index in [1.165, 1.54) is 60.7 Å². The Morgan fingerprint density at radius 2 is 0.745 bits per heavy atom. The Balaban J connectivity index is 1.02. The topological polar surface area (TPSA) is 651 Å². The van der Waals surface area contributed by atoms with Gasteiger partial charge in [0, 0.05) is 27.8 Å². The van der Waals surface area contributed by atoms with E-state index in [4.69, 9.17) is 16.2 Å². The number of anilines is 10. The van der Waals surface area contributed by atoms with Crippen LogP contribution in [0.3, 0.4) is 0 Å². The lowest BCUT2D eigenvalue weighted by Crippen LogP contribution is -2.15. The van der Waals surface area contributed by atoms with Gasteiger partial charge in [-0.1, -0.05) is 30.3 Å². The maximum atomic E-state index is 13.2. The van der Waals surface area contributed by atoms with Crippen molar-refractivity contribution in [3.8, 4) is 11.5 Å². The minimum Gasteiger partial charge on any atom is -0.505 e. The van der Waals surface area contributed by atoms with Crippen molar-refractivity contribution in [2.24, 2.45) is 20.5 Å². The van der Waals surface area contributed by atoms with Gasteiger partial charge in [-0.3, -0.25) is 31.9 Å². The fourth-order valence-corrected chi connectivity index (χ4v) is 14.5. The van der Waals surface area contributed by atoms with Gasteiger partial charge in [0.2, 0.25) is 35.0 Å². The number of nitrogens with one attached hydrogen (secondary N) is 5. The van der Waals surface area contributed by atoms with Crippen LogP contribution in [0.5, 0.6) is 11.5 Å². The van der Waals surface area contributed by atoms with Crippen molar-refractivity contribution in [1.82, 2.24) is 29.9 Å². The van der Waals surface area contributed by atoms with Gasteiger partial charge < -0.3 is 36.8 Å². The van der Waals surface area contributed by atoms with Gasteiger partial charge in [0.15, 0.2) is 21.3 Å². The first-order chi connectivity index (χ1) is 47.4. The SMILES string of the molecule is O=S(=O)(O)OCCS(=O)(=O)c1cccc(Nc2nc(Nc3ccc(Nc4nc(Cl)nc(Nc5cc(S(=O)(=O)O)cc6cc(S(=O)(=O)O)c(N=Nc7ccccc7S(=O)(=O)O)c(O)c56)n4)cc3)nc(Nc3cc(S(=O)(=O)O)cc4cc(S(=O)(=O)O)c(N=Nc5ccccc5S(=O)(=O)O)c(O)c34)n2)c1. The van der Waals surface area contributed by atoms with Gasteiger partial charge in [-0.15, -0.1) is 20.5 Å². The molecule has 102 heavy (non-hydrogen) atoms. The van der Waals surface area contributed by atoms with Crippen molar-refractivity contribution in [2.75, 3.05) is 38.9 Å². The summed E-state index contributed by atoms with van der Waals surface area (Å²) in [6, 6.07) is 22.7. The molecule has 0 spiro atoms. The monoisotopic (exact) mass is 1580 g/mol. The van der Waals surface area contributed by atoms with Gasteiger partial charge in [0.05, 0.1) is 38.4 Å². The maximum absolute atomic E-state index is 13.2. The van der Waals surface area contributed by atoms with Crippen LogP contribution in [0.4, 0.5) is 80.9 Å². The molecule has 0 amide bonds. The fraction of sp³-hybridized carbons (Fsp3) is 0.0385. The Morgan fingerprint density at radius 3 is 1.14 bits per heavy atom. The number of aromatic hydroxyl groups is 2. The summed E-state index contributed by atoms with van der Waals surface area (Å²) in [5.41, 5.74) is -4.41. The van der Waals surface area contributed by atoms with Gasteiger partial charge in [0.25, 0.3) is 60.7 Å². The molecule has 2 aromatic heterocycles. The Bertz CT molecular complexity index is 6190. The van der Waals surface area contributed by atoms with Crippen LogP contribution in [0.25, 0.3) is 21.5 Å². The molecule has 50 heteroatoms. The zero-order chi connectivity index (χ0) is 74.5. The minimum absolute atomic E-state index is 0.101. The summed E-state index contributed by atoms with van der Waals surface area (Å²) < 4.78 is 273. The molecule has 2 heterocycles. The van der Waals surface area contributed by atoms with Crippen LogP contribution in [-0.2, 0) is 85.1 Å². The second kappa shape index (κ2) is 27.9. The Labute approximate surface area is 578 Å². The lowest BCUT2D eigenvalue weighted by atomic mass is 10.1. The number of azo groups is 2. The first-order valence-electron chi connectivity index (χ1n) is 27.0.